The van der Waals surface area contributed by atoms with Crippen LogP contribution in [0.1, 0.15) is 48.4 Å². The number of benzene rings is 4. The van der Waals surface area contributed by atoms with Gasteiger partial charge in [-0.05, 0) is 60.5 Å². The molecule has 0 N–H and O–H groups in total. The Morgan fingerprint density at radius 2 is 1.49 bits per heavy atom. The van der Waals surface area contributed by atoms with Crippen molar-refractivity contribution >= 4 is 10.8 Å². The molecule has 4 aromatic carbocycles. The number of rotatable bonds is 8. The molecule has 0 aliphatic heterocycles. The zero-order valence-electron chi connectivity index (χ0n) is 20.3. The second-order valence-corrected chi connectivity index (χ2v) is 8.78. The summed E-state index contributed by atoms with van der Waals surface area (Å²) in [6.45, 7) is 2.46. The third-order valence-electron chi connectivity index (χ3n) is 6.08. The molecule has 6 heteroatoms. The predicted molar refractivity (Wildman–Crippen MR) is 135 cm³/mol. The lowest BCUT2D eigenvalue weighted by molar-refractivity contribution is 0.302. The van der Waals surface area contributed by atoms with E-state index in [-0.39, 0.29) is 35.1 Å². The topological polar surface area (TPSA) is 9.23 Å². The van der Waals surface area contributed by atoms with Crippen LogP contribution in [-0.2, 0) is 12.8 Å². The largest absolute Gasteiger partial charge is 0.493 e. The van der Waals surface area contributed by atoms with Crippen LogP contribution in [0.5, 0.6) is 5.75 Å². The van der Waals surface area contributed by atoms with Gasteiger partial charge in [-0.2, -0.15) is 0 Å². The van der Waals surface area contributed by atoms with Crippen molar-refractivity contribution < 1.29 is 26.7 Å². The van der Waals surface area contributed by atoms with Gasteiger partial charge in [-0.25, -0.2) is 22.0 Å². The molecule has 37 heavy (non-hydrogen) atoms. The van der Waals surface area contributed by atoms with E-state index in [2.05, 4.69) is 18.8 Å². The third-order valence-corrected chi connectivity index (χ3v) is 6.08. The first-order chi connectivity index (χ1) is 17.9. The Hall–Kier alpha value is -3.85. The summed E-state index contributed by atoms with van der Waals surface area (Å²) < 4.78 is 76.3. The molecular weight excluding hydrogens is 483 g/mol. The number of aryl methyl sites for hydroxylation is 1. The summed E-state index contributed by atoms with van der Waals surface area (Å²) in [5, 5.41) is 0.625. The summed E-state index contributed by atoms with van der Waals surface area (Å²) >= 11 is 0. The van der Waals surface area contributed by atoms with E-state index in [1.807, 2.05) is 0 Å². The van der Waals surface area contributed by atoms with Crippen molar-refractivity contribution in [3.63, 3.8) is 0 Å². The third kappa shape index (κ3) is 6.48. The standard InChI is InChI=1S/C31H25F5O/c1-2-3-4-15-37-24-18-29(34)26(30(35)19-24)13-8-21-6-10-22(28(33)17-21)9-5-20-7-12-25-23(16-20)11-14-27(32)31(25)36/h6-7,10-12,14,16-19H,2-4,8,13,15H2,1H3. The van der Waals surface area contributed by atoms with Crippen molar-refractivity contribution in [2.75, 3.05) is 6.61 Å². The number of fused-ring (bicyclic) bond motifs is 1. The SMILES string of the molecule is CCCCCOc1cc(F)c(CCc2ccc(C#Cc3ccc4c(F)c(F)ccc4c3)c(F)c2)c(F)c1. The maximum absolute atomic E-state index is 14.7. The van der Waals surface area contributed by atoms with Gasteiger partial charge in [-0.15, -0.1) is 0 Å². The molecule has 4 aromatic rings. The second kappa shape index (κ2) is 11.9. The van der Waals surface area contributed by atoms with Gasteiger partial charge < -0.3 is 4.74 Å². The summed E-state index contributed by atoms with van der Waals surface area (Å²) in [4.78, 5) is 0. The molecule has 4 rings (SSSR count). The molecule has 0 amide bonds. The molecule has 0 spiro atoms. The molecule has 0 unspecified atom stereocenters. The van der Waals surface area contributed by atoms with E-state index < -0.39 is 29.1 Å². The predicted octanol–water partition coefficient (Wildman–Crippen LogP) is 8.29. The lowest BCUT2D eigenvalue weighted by Gasteiger charge is -2.10. The van der Waals surface area contributed by atoms with Gasteiger partial charge in [0.1, 0.15) is 23.2 Å². The first kappa shape index (κ1) is 26.2. The minimum Gasteiger partial charge on any atom is -0.493 e. The smallest absolute Gasteiger partial charge is 0.166 e. The zero-order chi connectivity index (χ0) is 26.4. The zero-order valence-corrected chi connectivity index (χ0v) is 20.3. The molecule has 0 radical (unpaired) electrons. The fraction of sp³-hybridized carbons (Fsp3) is 0.226. The maximum atomic E-state index is 14.7. The monoisotopic (exact) mass is 508 g/mol. The molecule has 0 heterocycles. The Bertz CT molecular complexity index is 1460. The average Bonchev–Trinajstić information content (AvgIpc) is 2.88. The van der Waals surface area contributed by atoms with Crippen molar-refractivity contribution in [2.45, 2.75) is 39.0 Å². The van der Waals surface area contributed by atoms with Gasteiger partial charge in [0.15, 0.2) is 11.6 Å². The quantitative estimate of drug-likeness (QED) is 0.132. The maximum Gasteiger partial charge on any atom is 0.166 e. The fourth-order valence-electron chi connectivity index (χ4n) is 4.01. The van der Waals surface area contributed by atoms with Crippen LogP contribution in [0.3, 0.4) is 0 Å². The second-order valence-electron chi connectivity index (χ2n) is 8.78. The number of halogens is 5. The minimum absolute atomic E-state index is 0.0620. The first-order valence-corrected chi connectivity index (χ1v) is 12.1. The molecule has 1 nitrogen and oxygen atoms in total. The fourth-order valence-corrected chi connectivity index (χ4v) is 4.01. The van der Waals surface area contributed by atoms with Crippen molar-refractivity contribution in [2.24, 2.45) is 0 Å². The van der Waals surface area contributed by atoms with Gasteiger partial charge in [0, 0.05) is 28.6 Å². The van der Waals surface area contributed by atoms with Crippen LogP contribution in [0, 0.1) is 40.9 Å². The number of hydrogen-bond donors (Lipinski definition) is 0. The van der Waals surface area contributed by atoms with Crippen LogP contribution < -0.4 is 4.74 Å². The molecule has 190 valence electrons. The van der Waals surface area contributed by atoms with Crippen LogP contribution in [0.15, 0.2) is 60.7 Å². The lowest BCUT2D eigenvalue weighted by atomic mass is 10.0. The van der Waals surface area contributed by atoms with E-state index in [1.54, 1.807) is 12.1 Å². The molecular formula is C31H25F5O. The van der Waals surface area contributed by atoms with Gasteiger partial charge in [0.05, 0.1) is 12.2 Å². The summed E-state index contributed by atoms with van der Waals surface area (Å²) in [6, 6.07) is 13.9. The van der Waals surface area contributed by atoms with E-state index in [4.69, 9.17) is 4.74 Å². The Labute approximate surface area is 212 Å². The lowest BCUT2D eigenvalue weighted by Crippen LogP contribution is -2.03. The van der Waals surface area contributed by atoms with E-state index in [0.717, 1.165) is 25.3 Å². The van der Waals surface area contributed by atoms with Gasteiger partial charge in [-0.1, -0.05) is 49.8 Å². The normalized spacial score (nSPS) is 10.9. The summed E-state index contributed by atoms with van der Waals surface area (Å²) in [6.07, 6.45) is 3.12. The summed E-state index contributed by atoms with van der Waals surface area (Å²) in [5.74, 6) is 1.94. The van der Waals surface area contributed by atoms with Crippen LogP contribution in [0.2, 0.25) is 0 Å². The number of unbranched alkanes of at least 4 members (excludes halogenated alkanes) is 2. The molecule has 0 bridgehead atoms. The highest BCUT2D eigenvalue weighted by molar-refractivity contribution is 5.84. The number of ether oxygens (including phenoxy) is 1. The van der Waals surface area contributed by atoms with Gasteiger partial charge in [-0.3, -0.25) is 0 Å². The Kier molecular flexibility index (Phi) is 8.45. The van der Waals surface area contributed by atoms with Crippen molar-refractivity contribution in [1.29, 1.82) is 0 Å². The summed E-state index contributed by atoms with van der Waals surface area (Å²) in [5.41, 5.74) is 1.17. The van der Waals surface area contributed by atoms with Gasteiger partial charge in [0.2, 0.25) is 0 Å². The highest BCUT2D eigenvalue weighted by Gasteiger charge is 2.13. The molecule has 0 fully saturated rings. The Morgan fingerprint density at radius 3 is 2.22 bits per heavy atom. The molecule has 0 atom stereocenters. The highest BCUT2D eigenvalue weighted by atomic mass is 19.2. The van der Waals surface area contributed by atoms with Gasteiger partial charge in [0.25, 0.3) is 0 Å². The highest BCUT2D eigenvalue weighted by Crippen LogP contribution is 2.24. The van der Waals surface area contributed by atoms with Crippen molar-refractivity contribution in [3.8, 4) is 17.6 Å². The number of hydrogen-bond acceptors (Lipinski definition) is 1. The molecule has 0 aliphatic rings. The summed E-state index contributed by atoms with van der Waals surface area (Å²) in [7, 11) is 0. The van der Waals surface area contributed by atoms with Crippen molar-refractivity contribution in [1.82, 2.24) is 0 Å². The van der Waals surface area contributed by atoms with Gasteiger partial charge >= 0.3 is 0 Å². The van der Waals surface area contributed by atoms with E-state index in [0.29, 0.717) is 23.1 Å². The molecule has 0 saturated carbocycles. The van der Waals surface area contributed by atoms with E-state index >= 15 is 0 Å². The van der Waals surface area contributed by atoms with Crippen LogP contribution in [0.4, 0.5) is 22.0 Å². The van der Waals surface area contributed by atoms with Crippen LogP contribution in [-0.4, -0.2) is 6.61 Å². The minimum atomic E-state index is -0.928. The molecule has 0 aliphatic carbocycles. The average molecular weight is 509 g/mol. The van der Waals surface area contributed by atoms with Crippen LogP contribution >= 0.6 is 0 Å². The molecule has 0 saturated heterocycles. The Morgan fingerprint density at radius 1 is 0.703 bits per heavy atom. The first-order valence-electron chi connectivity index (χ1n) is 12.1. The van der Waals surface area contributed by atoms with Crippen molar-refractivity contribution in [3.05, 3.63) is 112 Å². The van der Waals surface area contributed by atoms with E-state index in [9.17, 15) is 22.0 Å². The molecule has 0 aromatic heterocycles. The Balaban J connectivity index is 1.42. The van der Waals surface area contributed by atoms with E-state index in [1.165, 1.54) is 42.5 Å². The van der Waals surface area contributed by atoms with Crippen LogP contribution in [0.25, 0.3) is 10.8 Å².